The van der Waals surface area contributed by atoms with Crippen molar-refractivity contribution < 1.29 is 65.0 Å². The van der Waals surface area contributed by atoms with Gasteiger partial charge in [0.05, 0.1) is 91.5 Å². The van der Waals surface area contributed by atoms with E-state index in [1.54, 1.807) is 0 Å². The van der Waals surface area contributed by atoms with Gasteiger partial charge in [-0.05, 0) is 124 Å². The van der Waals surface area contributed by atoms with E-state index in [0.29, 0.717) is 72.3 Å². The van der Waals surface area contributed by atoms with E-state index in [1.165, 1.54) is 0 Å². The summed E-state index contributed by atoms with van der Waals surface area (Å²) in [5.41, 5.74) is 14.3. The monoisotopic (exact) mass is 1230 g/mol. The summed E-state index contributed by atoms with van der Waals surface area (Å²) in [5, 5.41) is 0. The number of phosphoric acid groups is 2. The van der Waals surface area contributed by atoms with Gasteiger partial charge in [-0.25, -0.2) is 9.97 Å². The molecule has 86 heavy (non-hydrogen) atoms. The predicted octanol–water partition coefficient (Wildman–Crippen LogP) is 14.2. The molecule has 0 amide bonds. The number of unbranched alkanes of at least 4 members (excludes halogenated alkanes) is 16. The van der Waals surface area contributed by atoms with Gasteiger partial charge in [0.15, 0.2) is 0 Å². The molecule has 2 N–H and O–H groups in total. The largest absolute Gasteiger partial charge is 0.756 e. The van der Waals surface area contributed by atoms with Crippen molar-refractivity contribution in [2.75, 3.05) is 95.0 Å². The Bertz CT molecular complexity index is 3070. The number of rotatable bonds is 42. The molecule has 5 rings (SSSR count). The third-order valence-electron chi connectivity index (χ3n) is 15.8. The number of likely N-dealkylation sites (N-methyl/N-ethyl adjacent to an activating group) is 2. The molecule has 20 heteroatoms. The highest BCUT2D eigenvalue weighted by molar-refractivity contribution is 7.46. The molecule has 0 spiro atoms. The highest BCUT2D eigenvalue weighted by atomic mass is 31.2. The van der Waals surface area contributed by atoms with Crippen molar-refractivity contribution in [1.82, 2.24) is 19.9 Å². The fourth-order valence-corrected chi connectivity index (χ4v) is 11.9. The van der Waals surface area contributed by atoms with Gasteiger partial charge in [-0.3, -0.25) is 18.7 Å². The molecule has 0 fully saturated rings. The Morgan fingerprint density at radius 1 is 0.465 bits per heavy atom. The molecule has 478 valence electrons. The highest BCUT2D eigenvalue weighted by Crippen LogP contribution is 2.41. The summed E-state index contributed by atoms with van der Waals surface area (Å²) >= 11 is 0. The first-order valence-electron chi connectivity index (χ1n) is 31.3. The highest BCUT2D eigenvalue weighted by Gasteiger charge is 2.24. The summed E-state index contributed by atoms with van der Waals surface area (Å²) in [6.07, 6.45) is 22.2. The number of phosphoric ester groups is 2. The summed E-state index contributed by atoms with van der Waals surface area (Å²) in [6.45, 7) is 18.9. The first kappa shape index (κ1) is 71.9. The molecule has 0 saturated carbocycles. The molecule has 8 bridgehead atoms. The van der Waals surface area contributed by atoms with Crippen LogP contribution in [0.1, 0.15) is 200 Å². The maximum Gasteiger partial charge on any atom is 0.306 e. The normalized spacial score (nSPS) is 14.4. The number of nitrogens with one attached hydrogen (secondary N) is 2. The summed E-state index contributed by atoms with van der Waals surface area (Å²) < 4.78 is 56.8. The molecule has 0 aromatic carbocycles. The maximum atomic E-state index is 13.4. The van der Waals surface area contributed by atoms with Gasteiger partial charge in [0.25, 0.3) is 15.6 Å². The number of quaternary nitrogens is 2. The lowest BCUT2D eigenvalue weighted by Gasteiger charge is -2.27. The molecular weight excluding hydrogens is 1130 g/mol. The number of esters is 2. The topological polar surface area (TPSA) is 227 Å². The van der Waals surface area contributed by atoms with Crippen LogP contribution in [0.5, 0.6) is 0 Å². The molecular formula is C66H102N6O12P2. The van der Waals surface area contributed by atoms with Gasteiger partial charge in [0.1, 0.15) is 26.3 Å². The predicted molar refractivity (Wildman–Crippen MR) is 344 cm³/mol. The van der Waals surface area contributed by atoms with Crippen molar-refractivity contribution in [2.24, 2.45) is 0 Å². The number of fused-ring (bicyclic) bond motifs is 8. The fourth-order valence-electron chi connectivity index (χ4n) is 10.4. The van der Waals surface area contributed by atoms with Crippen molar-refractivity contribution in [1.29, 1.82) is 0 Å². The van der Waals surface area contributed by atoms with Crippen LogP contribution in [0.3, 0.4) is 0 Å². The van der Waals surface area contributed by atoms with Crippen LogP contribution in [0, 0.1) is 13.8 Å². The molecule has 2 atom stereocenters. The minimum absolute atomic E-state index is 0.102. The number of hydrogen-bond acceptors (Lipinski definition) is 14. The summed E-state index contributed by atoms with van der Waals surface area (Å²) in [4.78, 5) is 68.5. The van der Waals surface area contributed by atoms with Crippen LogP contribution in [0.15, 0.2) is 37.4 Å². The van der Waals surface area contributed by atoms with Gasteiger partial charge >= 0.3 is 11.9 Å². The Hall–Kier alpha value is -4.84. The first-order valence-corrected chi connectivity index (χ1v) is 34.3. The van der Waals surface area contributed by atoms with E-state index in [4.69, 9.17) is 37.5 Å². The van der Waals surface area contributed by atoms with E-state index in [1.807, 2.05) is 80.4 Å². The van der Waals surface area contributed by atoms with E-state index >= 15 is 0 Å². The van der Waals surface area contributed by atoms with Gasteiger partial charge in [-0.1, -0.05) is 115 Å². The van der Waals surface area contributed by atoms with Crippen LogP contribution >= 0.6 is 15.6 Å². The number of nitrogens with zero attached hydrogens (tertiary/aromatic N) is 4. The zero-order chi connectivity index (χ0) is 62.9. The van der Waals surface area contributed by atoms with Crippen molar-refractivity contribution in [3.8, 4) is 0 Å². The quantitative estimate of drug-likeness (QED) is 0.0233. The Morgan fingerprint density at radius 2 is 0.779 bits per heavy atom. The second-order valence-corrected chi connectivity index (χ2v) is 27.8. The Kier molecular flexibility index (Phi) is 29.6. The summed E-state index contributed by atoms with van der Waals surface area (Å²) in [7, 11) is 3.30. The van der Waals surface area contributed by atoms with E-state index in [-0.39, 0.29) is 51.2 Å². The smallest absolute Gasteiger partial charge is 0.306 e. The third-order valence-corrected chi connectivity index (χ3v) is 17.8. The molecule has 0 saturated heterocycles. The van der Waals surface area contributed by atoms with E-state index in [2.05, 4.69) is 49.1 Å². The van der Waals surface area contributed by atoms with E-state index < -0.39 is 15.6 Å². The fraction of sp³-hybridized carbons (Fsp3) is 0.606. The van der Waals surface area contributed by atoms with Gasteiger partial charge in [-0.2, -0.15) is 0 Å². The van der Waals surface area contributed by atoms with Crippen LogP contribution in [0.4, 0.5) is 0 Å². The molecule has 3 aromatic rings. The summed E-state index contributed by atoms with van der Waals surface area (Å²) in [5.74, 6) is -0.524. The maximum absolute atomic E-state index is 13.4. The van der Waals surface area contributed by atoms with Gasteiger partial charge < -0.3 is 56.3 Å². The number of allylic oxidation sites excluding steroid dienone is 4. The lowest BCUT2D eigenvalue weighted by Crippen LogP contribution is -2.37. The zero-order valence-electron chi connectivity index (χ0n) is 53.7. The number of ether oxygens (including phenoxy) is 2. The molecule has 5 heterocycles. The van der Waals surface area contributed by atoms with Gasteiger partial charge in [-0.15, -0.1) is 0 Å². The average molecular weight is 1230 g/mol. The standard InChI is InChI=1S/C66H102N6O12P2/c1-13-53-49(3)57-45-58-51(5)55(33-35-65(73)79-39-29-25-21-17-15-19-23-27-31-41-81-85(75,76)83-43-37-71(7,8)9)63(69-58)48-64-56(52(6)60(70-64)47-62-54(14-2)50(4)59(68-62)46-61(53)67-57)34-36-66(74)80-40-30-26-22-18-16-20-24-28-32-42-82-86(77,78)84-44-38-72(10,11)12/h13-14,45-48H,1-2,15-44H2,3-12H3,(H2-2,67,68,69,70,75,76,77,78). The second kappa shape index (κ2) is 35.4. The molecule has 0 radical (unpaired) electrons. The average Bonchev–Trinajstić information content (AvgIpc) is 3.88. The van der Waals surface area contributed by atoms with Crippen molar-refractivity contribution in [3.63, 3.8) is 0 Å². The number of aryl methyl sites for hydroxylation is 2. The minimum atomic E-state index is -4.27. The van der Waals surface area contributed by atoms with Gasteiger partial charge in [0.2, 0.25) is 0 Å². The van der Waals surface area contributed by atoms with Crippen molar-refractivity contribution in [2.45, 2.75) is 169 Å². The Labute approximate surface area is 513 Å². The van der Waals surface area contributed by atoms with Crippen LogP contribution in [0.25, 0.3) is 56.5 Å². The van der Waals surface area contributed by atoms with E-state index in [9.17, 15) is 28.5 Å². The van der Waals surface area contributed by atoms with Crippen molar-refractivity contribution in [3.05, 3.63) is 82.5 Å². The Morgan fingerprint density at radius 3 is 1.14 bits per heavy atom. The molecule has 0 aliphatic carbocycles. The molecule has 2 aliphatic rings. The van der Waals surface area contributed by atoms with Crippen LogP contribution < -0.4 is 9.79 Å². The second-order valence-electron chi connectivity index (χ2n) is 25.0. The van der Waals surface area contributed by atoms with Gasteiger partial charge in [0, 0.05) is 46.0 Å². The lowest BCUT2D eigenvalue weighted by atomic mass is 9.98. The number of carbonyl (C=O) groups excluding carboxylic acids is 2. The zero-order valence-corrected chi connectivity index (χ0v) is 55.5. The molecule has 18 nitrogen and oxygen atoms in total. The number of aromatic amines is 2. The summed E-state index contributed by atoms with van der Waals surface area (Å²) in [6, 6.07) is 8.20. The lowest BCUT2D eigenvalue weighted by molar-refractivity contribution is -0.870. The third kappa shape index (κ3) is 25.0. The molecule has 2 aliphatic heterocycles. The van der Waals surface area contributed by atoms with Crippen molar-refractivity contribution >= 4 is 84.1 Å². The minimum Gasteiger partial charge on any atom is -0.756 e. The SMILES string of the molecule is C=Cc1c(C)c2cc3[nH]c(cc4nc(cc5nc(cc1[nH]2)C(C)=C5CCC(=O)OCCCCCCCCCCCOP(=O)([O-])OCC[N+](C)(C)C)C(CCC(=O)OCCCCCCCCCCCOP(=O)([O-])OCC[N+](C)(C)C)=C4C)c(C)c3C=C. The first-order chi connectivity index (χ1) is 40.8. The number of aromatic nitrogens is 4. The molecule has 3 aromatic heterocycles. The number of H-pyrrole nitrogens is 2. The Balaban J connectivity index is 1.15. The number of carbonyl (C=O) groups is 2. The van der Waals surface area contributed by atoms with E-state index in [0.717, 1.165) is 181 Å². The molecule has 2 unspecified atom stereocenters. The number of hydrogen-bond donors (Lipinski definition) is 2. The van der Waals surface area contributed by atoms with Crippen LogP contribution in [0.2, 0.25) is 0 Å². The van der Waals surface area contributed by atoms with Crippen LogP contribution in [-0.2, 0) is 46.3 Å². The van der Waals surface area contributed by atoms with Crippen LogP contribution in [-0.4, -0.2) is 136 Å².